The summed E-state index contributed by atoms with van der Waals surface area (Å²) >= 11 is 0. The van der Waals surface area contributed by atoms with Gasteiger partial charge in [0.15, 0.2) is 0 Å². The van der Waals surface area contributed by atoms with Crippen molar-refractivity contribution in [3.05, 3.63) is 54.1 Å². The Labute approximate surface area is 131 Å². The van der Waals surface area contributed by atoms with Crippen LogP contribution in [0, 0.1) is 0 Å². The van der Waals surface area contributed by atoms with E-state index in [1.54, 1.807) is 19.1 Å². The van der Waals surface area contributed by atoms with Crippen LogP contribution in [0.3, 0.4) is 0 Å². The molecule has 0 saturated carbocycles. The highest BCUT2D eigenvalue weighted by molar-refractivity contribution is 5.99. The van der Waals surface area contributed by atoms with Crippen LogP contribution in [0.4, 0.5) is 14.7 Å². The van der Waals surface area contributed by atoms with Crippen molar-refractivity contribution in [3.63, 3.8) is 0 Å². The second-order valence-electron chi connectivity index (χ2n) is 4.81. The van der Waals surface area contributed by atoms with Gasteiger partial charge in [0.2, 0.25) is 5.95 Å². The summed E-state index contributed by atoms with van der Waals surface area (Å²) in [7, 11) is 0. The van der Waals surface area contributed by atoms with Gasteiger partial charge in [0, 0.05) is 0 Å². The molecule has 0 bridgehead atoms. The van der Waals surface area contributed by atoms with Gasteiger partial charge in [-0.05, 0) is 48.9 Å². The van der Waals surface area contributed by atoms with Crippen LogP contribution in [0.25, 0.3) is 11.0 Å². The van der Waals surface area contributed by atoms with E-state index in [1.165, 1.54) is 12.1 Å². The molecule has 5 nitrogen and oxygen atoms in total. The number of anilines is 1. The molecule has 3 aromatic rings. The molecule has 2 aromatic carbocycles. The van der Waals surface area contributed by atoms with Gasteiger partial charge in [-0.2, -0.15) is 13.9 Å². The monoisotopic (exact) mass is 316 g/mol. The first-order valence-electron chi connectivity index (χ1n) is 6.92. The van der Waals surface area contributed by atoms with Crippen LogP contribution < -0.4 is 10.2 Å². The predicted octanol–water partition coefficient (Wildman–Crippen LogP) is 4.00. The fraction of sp³-hybridized carbons (Fsp3) is 0.125. The molecule has 0 fully saturated rings. The van der Waals surface area contributed by atoms with Crippen LogP contribution in [0.1, 0.15) is 12.5 Å². The van der Waals surface area contributed by atoms with Crippen molar-refractivity contribution in [3.8, 4) is 5.75 Å². The number of alkyl halides is 2. The maximum absolute atomic E-state index is 12.1. The molecular weight excluding hydrogens is 302 g/mol. The highest BCUT2D eigenvalue weighted by atomic mass is 19.3. The third-order valence-electron chi connectivity index (χ3n) is 3.22. The predicted molar refractivity (Wildman–Crippen MR) is 85.0 cm³/mol. The zero-order chi connectivity index (χ0) is 16.2. The molecule has 0 saturated heterocycles. The van der Waals surface area contributed by atoms with E-state index in [0.29, 0.717) is 11.7 Å². The lowest BCUT2D eigenvalue weighted by Crippen LogP contribution is -2.03. The number of hydrogen-bond donors (Lipinski definition) is 2. The lowest BCUT2D eigenvalue weighted by molar-refractivity contribution is -0.0498. The molecule has 0 aliphatic carbocycles. The summed E-state index contributed by atoms with van der Waals surface area (Å²) in [6, 6.07) is 13.9. The van der Waals surface area contributed by atoms with Crippen molar-refractivity contribution in [2.45, 2.75) is 13.5 Å². The Morgan fingerprint density at radius 2 is 1.91 bits per heavy atom. The van der Waals surface area contributed by atoms with Crippen molar-refractivity contribution in [1.82, 2.24) is 9.97 Å². The fourth-order valence-corrected chi connectivity index (χ4v) is 2.08. The quantitative estimate of drug-likeness (QED) is 0.552. The zero-order valence-electron chi connectivity index (χ0n) is 12.3. The number of aromatic nitrogens is 2. The van der Waals surface area contributed by atoms with Gasteiger partial charge in [0.25, 0.3) is 0 Å². The summed E-state index contributed by atoms with van der Waals surface area (Å²) in [5.41, 5.74) is 6.08. The second-order valence-corrected chi connectivity index (χ2v) is 4.81. The molecule has 23 heavy (non-hydrogen) atoms. The van der Waals surface area contributed by atoms with E-state index in [2.05, 4.69) is 25.2 Å². The average Bonchev–Trinajstić information content (AvgIpc) is 2.95. The molecule has 1 aromatic heterocycles. The number of ether oxygens (including phenoxy) is 1. The van der Waals surface area contributed by atoms with E-state index in [1.807, 2.05) is 24.3 Å². The summed E-state index contributed by atoms with van der Waals surface area (Å²) in [5, 5.41) is 4.23. The average molecular weight is 316 g/mol. The van der Waals surface area contributed by atoms with Crippen molar-refractivity contribution < 1.29 is 13.5 Å². The SMILES string of the molecule is C/C(=N/Nc1nc2ccccc2[nH]1)c1ccc(OC(F)F)cc1. The Bertz CT molecular complexity index is 794. The second kappa shape index (κ2) is 6.43. The fourth-order valence-electron chi connectivity index (χ4n) is 2.08. The van der Waals surface area contributed by atoms with E-state index in [-0.39, 0.29) is 5.75 Å². The maximum atomic E-state index is 12.1. The van der Waals surface area contributed by atoms with Crippen molar-refractivity contribution in [1.29, 1.82) is 0 Å². The van der Waals surface area contributed by atoms with Crippen LogP contribution in [-0.2, 0) is 0 Å². The van der Waals surface area contributed by atoms with Crippen molar-refractivity contribution in [2.24, 2.45) is 5.10 Å². The van der Waals surface area contributed by atoms with Crippen molar-refractivity contribution >= 4 is 22.7 Å². The summed E-state index contributed by atoms with van der Waals surface area (Å²) in [6.45, 7) is -1.02. The molecule has 0 amide bonds. The number of benzene rings is 2. The summed E-state index contributed by atoms with van der Waals surface area (Å²) < 4.78 is 28.5. The Morgan fingerprint density at radius 3 is 2.61 bits per heavy atom. The molecule has 0 aliphatic heterocycles. The summed E-state index contributed by atoms with van der Waals surface area (Å²) in [4.78, 5) is 7.45. The van der Waals surface area contributed by atoms with E-state index in [4.69, 9.17) is 0 Å². The molecule has 0 aliphatic rings. The summed E-state index contributed by atoms with van der Waals surface area (Å²) in [6.07, 6.45) is 0. The van der Waals surface area contributed by atoms with Crippen LogP contribution >= 0.6 is 0 Å². The number of nitrogens with zero attached hydrogens (tertiary/aromatic N) is 2. The molecule has 118 valence electrons. The number of imidazole rings is 1. The molecule has 1 heterocycles. The van der Waals surface area contributed by atoms with Gasteiger partial charge < -0.3 is 9.72 Å². The first-order valence-corrected chi connectivity index (χ1v) is 6.92. The summed E-state index contributed by atoms with van der Waals surface area (Å²) in [5.74, 6) is 0.644. The number of fused-ring (bicyclic) bond motifs is 1. The lowest BCUT2D eigenvalue weighted by Gasteiger charge is -2.05. The zero-order valence-corrected chi connectivity index (χ0v) is 12.3. The van der Waals surface area contributed by atoms with Crippen LogP contribution in [0.2, 0.25) is 0 Å². The Balaban J connectivity index is 1.71. The van der Waals surface area contributed by atoms with Gasteiger partial charge in [0.1, 0.15) is 5.75 Å². The van der Waals surface area contributed by atoms with Crippen LogP contribution in [-0.4, -0.2) is 22.3 Å². The Kier molecular flexibility index (Phi) is 4.18. The van der Waals surface area contributed by atoms with Gasteiger partial charge in [-0.25, -0.2) is 10.4 Å². The van der Waals surface area contributed by atoms with E-state index in [9.17, 15) is 8.78 Å². The molecule has 2 N–H and O–H groups in total. The number of hydrogen-bond acceptors (Lipinski definition) is 4. The number of halogens is 2. The molecule has 0 unspecified atom stereocenters. The van der Waals surface area contributed by atoms with Gasteiger partial charge in [-0.15, -0.1) is 0 Å². The first kappa shape index (κ1) is 15.0. The normalized spacial score (nSPS) is 11.9. The van der Waals surface area contributed by atoms with Crippen molar-refractivity contribution in [2.75, 3.05) is 5.43 Å². The smallest absolute Gasteiger partial charge is 0.387 e. The highest BCUT2D eigenvalue weighted by Gasteiger charge is 2.05. The lowest BCUT2D eigenvalue weighted by atomic mass is 10.1. The topological polar surface area (TPSA) is 62.3 Å². The minimum atomic E-state index is -2.83. The van der Waals surface area contributed by atoms with Crippen LogP contribution in [0.5, 0.6) is 5.75 Å². The molecule has 0 atom stereocenters. The van der Waals surface area contributed by atoms with E-state index in [0.717, 1.165) is 16.6 Å². The number of rotatable bonds is 5. The van der Waals surface area contributed by atoms with Gasteiger partial charge in [0.05, 0.1) is 16.7 Å². The molecule has 0 radical (unpaired) electrons. The Morgan fingerprint density at radius 1 is 1.17 bits per heavy atom. The number of H-pyrrole nitrogens is 1. The first-order chi connectivity index (χ1) is 11.1. The van der Waals surface area contributed by atoms with Gasteiger partial charge in [-0.3, -0.25) is 0 Å². The number of aromatic amines is 1. The van der Waals surface area contributed by atoms with E-state index >= 15 is 0 Å². The maximum Gasteiger partial charge on any atom is 0.387 e. The number of para-hydroxylation sites is 2. The van der Waals surface area contributed by atoms with Gasteiger partial charge >= 0.3 is 6.61 Å². The van der Waals surface area contributed by atoms with E-state index < -0.39 is 6.61 Å². The van der Waals surface area contributed by atoms with Gasteiger partial charge in [-0.1, -0.05) is 12.1 Å². The molecule has 7 heteroatoms. The number of nitrogens with one attached hydrogen (secondary N) is 2. The highest BCUT2D eigenvalue weighted by Crippen LogP contribution is 2.16. The third kappa shape index (κ3) is 3.63. The minimum absolute atomic E-state index is 0.113. The third-order valence-corrected chi connectivity index (χ3v) is 3.22. The molecular formula is C16H14F2N4O. The standard InChI is InChI=1S/C16H14F2N4O/c1-10(11-6-8-12(9-7-11)23-15(17)18)21-22-16-19-13-4-2-3-5-14(13)20-16/h2-9,15H,1H3,(H2,19,20,22)/b21-10-. The van der Waals surface area contributed by atoms with Crippen LogP contribution in [0.15, 0.2) is 53.6 Å². The molecule has 3 rings (SSSR count). The Hall–Kier alpha value is -2.96. The molecule has 0 spiro atoms. The number of hydrazone groups is 1. The minimum Gasteiger partial charge on any atom is -0.435 e. The largest absolute Gasteiger partial charge is 0.435 e.